The molecular formula is C19H25ClN2O4. The fourth-order valence-electron chi connectivity index (χ4n) is 2.15. The van der Waals surface area contributed by atoms with Crippen LogP contribution in [-0.4, -0.2) is 38.8 Å². The molecule has 0 radical (unpaired) electrons. The Morgan fingerprint density at radius 3 is 2.42 bits per heavy atom. The summed E-state index contributed by atoms with van der Waals surface area (Å²) >= 11 is 0. The van der Waals surface area contributed by atoms with E-state index in [9.17, 15) is 4.79 Å². The maximum atomic E-state index is 12.0. The molecule has 7 heteroatoms. The van der Waals surface area contributed by atoms with Gasteiger partial charge in [0, 0.05) is 18.7 Å². The van der Waals surface area contributed by atoms with Gasteiger partial charge in [-0.3, -0.25) is 4.79 Å². The molecule has 2 rings (SSSR count). The van der Waals surface area contributed by atoms with Gasteiger partial charge in [0.1, 0.15) is 19.0 Å². The molecule has 0 unspecified atom stereocenters. The molecule has 0 fully saturated rings. The second-order valence-corrected chi connectivity index (χ2v) is 5.15. The Hall–Kier alpha value is -2.44. The topological polar surface area (TPSA) is 82.8 Å². The van der Waals surface area contributed by atoms with Crippen LogP contribution in [0, 0.1) is 0 Å². The Bertz CT molecular complexity index is 668. The molecule has 3 N–H and O–H groups in total. The molecule has 0 aliphatic heterocycles. The van der Waals surface area contributed by atoms with Crippen LogP contribution in [0.5, 0.6) is 17.2 Å². The normalized spacial score (nSPS) is 9.77. The van der Waals surface area contributed by atoms with Gasteiger partial charge in [0.25, 0.3) is 5.91 Å². The van der Waals surface area contributed by atoms with E-state index >= 15 is 0 Å². The minimum absolute atomic E-state index is 0. The van der Waals surface area contributed by atoms with Crippen molar-refractivity contribution in [3.63, 3.8) is 0 Å². The van der Waals surface area contributed by atoms with Crippen LogP contribution in [0.2, 0.25) is 0 Å². The predicted molar refractivity (Wildman–Crippen MR) is 104 cm³/mol. The lowest BCUT2D eigenvalue weighted by molar-refractivity contribution is 0.0954. The number of halogens is 1. The minimum Gasteiger partial charge on any atom is -0.490 e. The smallest absolute Gasteiger partial charge is 0.251 e. The van der Waals surface area contributed by atoms with Crippen LogP contribution in [0.15, 0.2) is 48.5 Å². The molecule has 0 spiro atoms. The van der Waals surface area contributed by atoms with E-state index in [2.05, 4.69) is 5.32 Å². The molecule has 2 aromatic carbocycles. The third-order valence-electron chi connectivity index (χ3n) is 3.29. The minimum atomic E-state index is -0.189. The second-order valence-electron chi connectivity index (χ2n) is 5.15. The van der Waals surface area contributed by atoms with E-state index in [1.54, 1.807) is 18.2 Å². The van der Waals surface area contributed by atoms with Crippen LogP contribution < -0.4 is 25.3 Å². The quantitative estimate of drug-likeness (QED) is 0.619. The number of hydrogen-bond acceptors (Lipinski definition) is 5. The molecule has 142 valence electrons. The summed E-state index contributed by atoms with van der Waals surface area (Å²) in [4.78, 5) is 12.0. The van der Waals surface area contributed by atoms with Crippen molar-refractivity contribution in [1.82, 2.24) is 5.32 Å². The summed E-state index contributed by atoms with van der Waals surface area (Å²) in [5.41, 5.74) is 5.90. The average molecular weight is 381 g/mol. The number of carbonyl (C=O) groups is 1. The molecule has 0 atom stereocenters. The van der Waals surface area contributed by atoms with Crippen LogP contribution >= 0.6 is 12.4 Å². The largest absolute Gasteiger partial charge is 0.490 e. The number of para-hydroxylation sites is 1. The highest BCUT2D eigenvalue weighted by molar-refractivity contribution is 5.94. The zero-order valence-corrected chi connectivity index (χ0v) is 15.6. The SMILES string of the molecule is CCOc1cc(C(=O)NCCN)ccc1OCCOc1ccccc1.Cl. The lowest BCUT2D eigenvalue weighted by Gasteiger charge is -2.14. The lowest BCUT2D eigenvalue weighted by atomic mass is 10.2. The van der Waals surface area contributed by atoms with Crippen LogP contribution in [0.3, 0.4) is 0 Å². The number of ether oxygens (including phenoxy) is 3. The molecule has 0 saturated heterocycles. The standard InChI is InChI=1S/C19H24N2O4.ClH/c1-2-23-18-14-15(19(22)21-11-10-20)8-9-17(18)25-13-12-24-16-6-4-3-5-7-16;/h3-9,14H,2,10-13,20H2,1H3,(H,21,22);1H. The monoisotopic (exact) mass is 380 g/mol. The number of rotatable bonds is 10. The molecule has 26 heavy (non-hydrogen) atoms. The maximum Gasteiger partial charge on any atom is 0.251 e. The lowest BCUT2D eigenvalue weighted by Crippen LogP contribution is -2.29. The summed E-state index contributed by atoms with van der Waals surface area (Å²) in [5.74, 6) is 1.71. The van der Waals surface area contributed by atoms with Gasteiger partial charge in [0.15, 0.2) is 11.5 Å². The van der Waals surface area contributed by atoms with Gasteiger partial charge in [-0.2, -0.15) is 0 Å². The van der Waals surface area contributed by atoms with Crippen LogP contribution in [0.1, 0.15) is 17.3 Å². The Morgan fingerprint density at radius 2 is 1.73 bits per heavy atom. The molecule has 2 aromatic rings. The number of amides is 1. The molecule has 0 heterocycles. The van der Waals surface area contributed by atoms with Crippen molar-refractivity contribution >= 4 is 18.3 Å². The van der Waals surface area contributed by atoms with E-state index in [-0.39, 0.29) is 18.3 Å². The van der Waals surface area contributed by atoms with Crippen LogP contribution in [0.4, 0.5) is 0 Å². The highest BCUT2D eigenvalue weighted by Crippen LogP contribution is 2.28. The van der Waals surface area contributed by atoms with Gasteiger partial charge in [-0.15, -0.1) is 12.4 Å². The van der Waals surface area contributed by atoms with E-state index in [1.807, 2.05) is 37.3 Å². The molecule has 6 nitrogen and oxygen atoms in total. The zero-order valence-electron chi connectivity index (χ0n) is 14.8. The Kier molecular flexibility index (Phi) is 9.97. The third-order valence-corrected chi connectivity index (χ3v) is 3.29. The summed E-state index contributed by atoms with van der Waals surface area (Å²) in [6.45, 7) is 3.96. The fourth-order valence-corrected chi connectivity index (χ4v) is 2.15. The van der Waals surface area contributed by atoms with Gasteiger partial charge in [-0.25, -0.2) is 0 Å². The van der Waals surface area contributed by atoms with Crippen molar-refractivity contribution < 1.29 is 19.0 Å². The first-order valence-corrected chi connectivity index (χ1v) is 8.30. The van der Waals surface area contributed by atoms with Gasteiger partial charge in [0.05, 0.1) is 6.61 Å². The summed E-state index contributed by atoms with van der Waals surface area (Å²) in [6, 6.07) is 14.6. The first-order valence-electron chi connectivity index (χ1n) is 8.30. The molecule has 0 aliphatic carbocycles. The molecule has 0 saturated carbocycles. The highest BCUT2D eigenvalue weighted by Gasteiger charge is 2.11. The summed E-state index contributed by atoms with van der Waals surface area (Å²) in [6.07, 6.45) is 0. The summed E-state index contributed by atoms with van der Waals surface area (Å²) < 4.78 is 16.9. The Labute approximate surface area is 160 Å². The number of nitrogens with one attached hydrogen (secondary N) is 1. The molecular weight excluding hydrogens is 356 g/mol. The third kappa shape index (κ3) is 6.82. The number of benzene rings is 2. The fraction of sp³-hybridized carbons (Fsp3) is 0.316. The number of carbonyl (C=O) groups excluding carboxylic acids is 1. The average Bonchev–Trinajstić information content (AvgIpc) is 2.65. The van der Waals surface area contributed by atoms with Gasteiger partial charge in [-0.05, 0) is 37.3 Å². The van der Waals surface area contributed by atoms with Crippen molar-refractivity contribution in [2.45, 2.75) is 6.92 Å². The number of nitrogens with two attached hydrogens (primary N) is 1. The van der Waals surface area contributed by atoms with E-state index < -0.39 is 0 Å². The molecule has 1 amide bonds. The van der Waals surface area contributed by atoms with E-state index in [0.717, 1.165) is 5.75 Å². The van der Waals surface area contributed by atoms with Gasteiger partial charge < -0.3 is 25.3 Å². The molecule has 0 aliphatic rings. The van der Waals surface area contributed by atoms with Crippen molar-refractivity contribution in [3.05, 3.63) is 54.1 Å². The number of hydrogen-bond donors (Lipinski definition) is 2. The van der Waals surface area contributed by atoms with Crippen LogP contribution in [-0.2, 0) is 0 Å². The van der Waals surface area contributed by atoms with Crippen molar-refractivity contribution in [2.75, 3.05) is 32.9 Å². The zero-order chi connectivity index (χ0) is 17.9. The molecule has 0 bridgehead atoms. The second kappa shape index (κ2) is 12.0. The van der Waals surface area contributed by atoms with Gasteiger partial charge >= 0.3 is 0 Å². The Balaban J connectivity index is 0.00000338. The summed E-state index contributed by atoms with van der Waals surface area (Å²) in [7, 11) is 0. The first-order chi connectivity index (χ1) is 12.2. The van der Waals surface area contributed by atoms with Crippen molar-refractivity contribution in [2.24, 2.45) is 5.73 Å². The summed E-state index contributed by atoms with van der Waals surface area (Å²) in [5, 5.41) is 2.73. The van der Waals surface area contributed by atoms with Gasteiger partial charge in [0.2, 0.25) is 0 Å². The molecule has 0 aromatic heterocycles. The van der Waals surface area contributed by atoms with Crippen LogP contribution in [0.25, 0.3) is 0 Å². The van der Waals surface area contributed by atoms with E-state index in [1.165, 1.54) is 0 Å². The van der Waals surface area contributed by atoms with E-state index in [4.69, 9.17) is 19.9 Å². The maximum absolute atomic E-state index is 12.0. The van der Waals surface area contributed by atoms with E-state index in [0.29, 0.717) is 50.0 Å². The first kappa shape index (κ1) is 21.6. The van der Waals surface area contributed by atoms with Gasteiger partial charge in [-0.1, -0.05) is 18.2 Å². The van der Waals surface area contributed by atoms with Crippen molar-refractivity contribution in [3.8, 4) is 17.2 Å². The highest BCUT2D eigenvalue weighted by atomic mass is 35.5. The Morgan fingerprint density at radius 1 is 1.00 bits per heavy atom. The predicted octanol–water partition coefficient (Wildman–Crippen LogP) is 2.65. The van der Waals surface area contributed by atoms with Crippen molar-refractivity contribution in [1.29, 1.82) is 0 Å².